The van der Waals surface area contributed by atoms with Gasteiger partial charge in [0.05, 0.1) is 85.3 Å². The van der Waals surface area contributed by atoms with Crippen LogP contribution in [0.25, 0.3) is 11.2 Å². The third-order valence-corrected chi connectivity index (χ3v) is 21.1. The van der Waals surface area contributed by atoms with E-state index in [1.165, 1.54) is 52.1 Å². The van der Waals surface area contributed by atoms with Crippen LogP contribution in [0.3, 0.4) is 0 Å². The number of carbonyl (C=O) groups is 7. The Morgan fingerprint density at radius 1 is 0.890 bits per heavy atom. The highest BCUT2D eigenvalue weighted by Gasteiger charge is 2.54. The number of aliphatic hydroxyl groups is 2. The van der Waals surface area contributed by atoms with Crippen molar-refractivity contribution in [3.05, 3.63) is 110 Å². The average molecular weight is 1430 g/mol. The largest absolute Gasteiger partial charge is 0.507 e. The number of ether oxygens (including phenoxy) is 7. The first-order valence-corrected chi connectivity index (χ1v) is 35.5. The zero-order chi connectivity index (χ0) is 71.9. The lowest BCUT2D eigenvalue weighted by atomic mass is 9.67. The van der Waals surface area contributed by atoms with Crippen molar-refractivity contribution in [3.8, 4) is 11.5 Å². The molecule has 10 rings (SSSR count). The number of nitrogens with two attached hydrogens (primary N) is 1. The molecule has 4 unspecified atom stereocenters. The number of methoxy groups -OCH3 is 1. The molecule has 1 amide bonds. The number of aromatic hydroxyl groups is 2. The molecule has 10 N–H and O–H groups in total. The molecule has 3 fully saturated rings. The van der Waals surface area contributed by atoms with Crippen LogP contribution in [0.15, 0.2) is 64.5 Å². The number of fused-ring (bicyclic) bond motifs is 4. The van der Waals surface area contributed by atoms with Gasteiger partial charge in [0.2, 0.25) is 11.7 Å². The summed E-state index contributed by atoms with van der Waals surface area (Å²) >= 11 is 0. The summed E-state index contributed by atoms with van der Waals surface area (Å²) in [5.74, 6) is -6.96. The van der Waals surface area contributed by atoms with Crippen molar-refractivity contribution in [2.24, 2.45) is 10.9 Å². The predicted molar refractivity (Wildman–Crippen MR) is 363 cm³/mol. The summed E-state index contributed by atoms with van der Waals surface area (Å²) in [6, 6.07) is 11.6. The van der Waals surface area contributed by atoms with Crippen molar-refractivity contribution in [1.82, 2.24) is 30.2 Å². The fraction of sp³-hybridized carbons (Fsp3) is 0.529. The third-order valence-electron chi connectivity index (χ3n) is 18.7. The molecule has 2 aromatic heterocycles. The minimum absolute atomic E-state index is 0.00567. The number of aromatic nitrogens is 4. The first kappa shape index (κ1) is 74.8. The molecule has 100 heavy (non-hydrogen) atoms. The minimum atomic E-state index is -1.81. The number of rotatable bonds is 28. The Morgan fingerprint density at radius 2 is 1.62 bits per heavy atom. The van der Waals surface area contributed by atoms with Gasteiger partial charge in [-0.15, -0.1) is 0 Å². The number of aromatic amines is 1. The van der Waals surface area contributed by atoms with Gasteiger partial charge in [-0.25, -0.2) is 14.8 Å². The van der Waals surface area contributed by atoms with E-state index in [0.29, 0.717) is 47.7 Å². The number of nitrogens with zero attached hydrogens (tertiary/aromatic N) is 5. The summed E-state index contributed by atoms with van der Waals surface area (Å²) < 4.78 is 43.8. The standard InChI is InChI=1S/C68H83N9O21S2/c1-8-68(89)27-48(53-42(55(68)66(88)91-7)24-43-54(59(53)84)58(83)52-41(57(43)82)12-9-13-46(52)80)95-50-25-45(77(5)6)60(33(3)93-50)97-51-26-47(81)61(34(4)94-51)96-49-19-18-44(32(2)92-49)72-30-40(79)20-22-99-100-31-36(65(87)98-90)23-39(78)11-10-21-70-63(85)35-14-16-37(17-15-35)71-28-38-29-73-62-56(74-38)64(86)76-67(69)75-62/h9,12-17,24,29,32-34,36,45,47-51,55,60-61,71,80-81,84,89-90H,8,10-11,18-23,25-28,30-31H2,1-7H3,(H,70,85)(H3,69,73,75,76,86)/b72-44-/t32?,33?,34?,36?,45-,47-,48+,49+,50+,51+,55+,60-,61-,68-/m1/s1. The second-order valence-corrected chi connectivity index (χ2v) is 28.3. The number of likely N-dealkylation sites (N-methyl/N-ethyl adjacent to an activating group) is 1. The highest BCUT2D eigenvalue weighted by molar-refractivity contribution is 8.76. The van der Waals surface area contributed by atoms with Crippen molar-refractivity contribution in [3.63, 3.8) is 0 Å². The van der Waals surface area contributed by atoms with Crippen LogP contribution in [0.4, 0.5) is 11.6 Å². The molecular weight excluding hydrogens is 1340 g/mol. The number of aliphatic imine (C=N–C) groups is 1. The van der Waals surface area contributed by atoms with Crippen LogP contribution >= 0.6 is 21.6 Å². The number of aliphatic hydroxyl groups excluding tert-OH is 1. The maximum absolute atomic E-state index is 14.1. The predicted octanol–water partition coefficient (Wildman–Crippen LogP) is 5.39. The van der Waals surface area contributed by atoms with Gasteiger partial charge < -0.3 is 79.7 Å². The number of Topliss-reactive ketones (excluding diaryl/α,β-unsaturated/α-hetero) is 2. The molecular formula is C68H83N9O21S2. The van der Waals surface area contributed by atoms with Crippen LogP contribution in [0.5, 0.6) is 11.5 Å². The molecule has 30 nitrogen and oxygen atoms in total. The van der Waals surface area contributed by atoms with Crippen molar-refractivity contribution >= 4 is 91.1 Å². The van der Waals surface area contributed by atoms with Gasteiger partial charge in [0.15, 0.2) is 41.6 Å². The van der Waals surface area contributed by atoms with Crippen LogP contribution in [0, 0.1) is 5.92 Å². The second kappa shape index (κ2) is 32.9. The van der Waals surface area contributed by atoms with Gasteiger partial charge in [0.25, 0.3) is 11.5 Å². The average Bonchev–Trinajstić information content (AvgIpc) is 0.711. The van der Waals surface area contributed by atoms with E-state index in [2.05, 4.69) is 40.4 Å². The lowest BCUT2D eigenvalue weighted by Crippen LogP contribution is -2.58. The quantitative estimate of drug-likeness (QED) is 0.00976. The number of hydrogen-bond donors (Lipinski definition) is 9. The van der Waals surface area contributed by atoms with E-state index in [9.17, 15) is 58.8 Å². The Morgan fingerprint density at radius 3 is 2.32 bits per heavy atom. The van der Waals surface area contributed by atoms with Crippen LogP contribution in [-0.2, 0) is 63.8 Å². The van der Waals surface area contributed by atoms with Gasteiger partial charge in [-0.1, -0.05) is 40.6 Å². The Balaban J connectivity index is 0.630. The molecule has 5 heterocycles. The number of benzene rings is 3. The molecule has 0 saturated carbocycles. The summed E-state index contributed by atoms with van der Waals surface area (Å²) in [4.78, 5) is 130. The van der Waals surface area contributed by atoms with Crippen LogP contribution in [-0.4, -0.2) is 210 Å². The summed E-state index contributed by atoms with van der Waals surface area (Å²) in [7, 11) is 7.45. The first-order chi connectivity index (χ1) is 47.8. The molecule has 32 heteroatoms. The molecule has 3 aromatic carbocycles. The Labute approximate surface area is 582 Å². The van der Waals surface area contributed by atoms with Crippen LogP contribution < -0.4 is 21.9 Å². The Hall–Kier alpha value is -7.86. The monoisotopic (exact) mass is 1430 g/mol. The zero-order valence-electron chi connectivity index (χ0n) is 56.2. The number of phenols is 2. The number of hydrogen-bond acceptors (Lipinski definition) is 30. The van der Waals surface area contributed by atoms with E-state index in [-0.39, 0.29) is 138 Å². The minimum Gasteiger partial charge on any atom is -0.507 e. The number of esters is 1. The Bertz CT molecular complexity index is 3960. The van der Waals surface area contributed by atoms with Gasteiger partial charge in [0, 0.05) is 103 Å². The zero-order valence-corrected chi connectivity index (χ0v) is 57.8. The van der Waals surface area contributed by atoms with Crippen LogP contribution in [0.2, 0.25) is 0 Å². The molecule has 538 valence electrons. The molecule has 14 atom stereocenters. The summed E-state index contributed by atoms with van der Waals surface area (Å²) in [5, 5.41) is 61.8. The number of H-pyrrole nitrogens is 1. The van der Waals surface area contributed by atoms with Gasteiger partial charge in [0.1, 0.15) is 35.4 Å². The maximum atomic E-state index is 14.1. The van der Waals surface area contributed by atoms with E-state index in [4.69, 9.17) is 44.1 Å². The first-order valence-electron chi connectivity index (χ1n) is 33.0. The van der Waals surface area contributed by atoms with Gasteiger partial charge >= 0.3 is 11.9 Å². The van der Waals surface area contributed by atoms with Crippen molar-refractivity contribution < 1.29 is 97.3 Å². The lowest BCUT2D eigenvalue weighted by molar-refractivity contribution is -0.324. The molecule has 0 spiro atoms. The van der Waals surface area contributed by atoms with Gasteiger partial charge in [-0.3, -0.25) is 43.5 Å². The van der Waals surface area contributed by atoms with Crippen molar-refractivity contribution in [2.75, 3.05) is 56.9 Å². The topological polar surface area (TPSA) is 432 Å². The number of amides is 1. The van der Waals surface area contributed by atoms with E-state index >= 15 is 0 Å². The summed E-state index contributed by atoms with van der Waals surface area (Å²) in [6.45, 7) is 7.38. The smallest absolute Gasteiger partial charge is 0.346 e. The second-order valence-electron chi connectivity index (χ2n) is 25.6. The number of ketones is 4. The molecule has 0 radical (unpaired) electrons. The SMILES string of the molecule is CC[C@@]1(O)C[C@H](O[C@H]2C[C@@H](N(C)C)[C@H](O[C@H]3C[C@@H](O)[C@H](O[C@H]4CC/C(=N/CC(=O)CCSSCC(CC(=O)CCCNC(=O)c5ccc(NCc6cnc7nc(N)[nH]c(=O)c7n6)cc5)C(=O)OO)C(C)O4)C(C)O3)C(C)O2)c2c(cc3c(c2O)C(=O)c2c(O)cccc2C3=O)[C@H]1C(=O)OC. The lowest BCUT2D eigenvalue weighted by Gasteiger charge is -2.48. The van der Waals surface area contributed by atoms with Crippen LogP contribution in [0.1, 0.15) is 163 Å². The summed E-state index contributed by atoms with van der Waals surface area (Å²) in [5.41, 5.74) is 4.76. The fourth-order valence-corrected chi connectivity index (χ4v) is 15.7. The number of nitrogens with one attached hydrogen (secondary N) is 3. The molecule has 3 saturated heterocycles. The molecule has 3 aliphatic heterocycles. The molecule has 2 aliphatic carbocycles. The number of nitrogen functional groups attached to an aromatic ring is 1. The van der Waals surface area contributed by atoms with E-state index < -0.39 is 126 Å². The molecule has 0 bridgehead atoms. The van der Waals surface area contributed by atoms with Gasteiger partial charge in [-0.05, 0) is 96.1 Å². The van der Waals surface area contributed by atoms with Crippen molar-refractivity contribution in [1.29, 1.82) is 0 Å². The van der Waals surface area contributed by atoms with E-state index in [1.807, 2.05) is 19.0 Å². The normalized spacial score (nSPS) is 26.5. The highest BCUT2D eigenvalue weighted by Crippen LogP contribution is 2.54. The van der Waals surface area contributed by atoms with E-state index in [0.717, 1.165) is 7.11 Å². The summed E-state index contributed by atoms with van der Waals surface area (Å²) in [6.07, 6.45) is -5.48. The van der Waals surface area contributed by atoms with Gasteiger partial charge in [-0.2, -0.15) is 10.2 Å². The van der Waals surface area contributed by atoms with E-state index in [1.54, 1.807) is 52.0 Å². The molecule has 5 aromatic rings. The third kappa shape index (κ3) is 17.0. The molecule has 5 aliphatic rings. The fourth-order valence-electron chi connectivity index (χ4n) is 13.3. The Kier molecular flexibility index (Phi) is 24.6. The maximum Gasteiger partial charge on any atom is 0.346 e. The number of carbonyl (C=O) groups excluding carboxylic acids is 7. The number of phenolic OH excluding ortho intramolecular Hbond substituents is 2. The number of anilines is 2. The highest BCUT2D eigenvalue weighted by atomic mass is 33.1. The van der Waals surface area contributed by atoms with Crippen molar-refractivity contribution in [2.45, 2.75) is 178 Å².